The van der Waals surface area contributed by atoms with E-state index in [0.717, 1.165) is 24.3 Å². The highest BCUT2D eigenvalue weighted by Gasteiger charge is 2.42. The summed E-state index contributed by atoms with van der Waals surface area (Å²) in [5.41, 5.74) is 7.40. The van der Waals surface area contributed by atoms with E-state index in [9.17, 15) is 0 Å². The molecule has 0 aliphatic carbocycles. The molecule has 2 heterocycles. The summed E-state index contributed by atoms with van der Waals surface area (Å²) in [6.45, 7) is 2.28. The van der Waals surface area contributed by atoms with Gasteiger partial charge in [0, 0.05) is 29.7 Å². The Hall–Kier alpha value is -1.26. The van der Waals surface area contributed by atoms with Crippen LogP contribution in [0, 0.1) is 0 Å². The van der Waals surface area contributed by atoms with Crippen LogP contribution in [0.25, 0.3) is 0 Å². The average molecular weight is 290 g/mol. The molecule has 2 bridgehead atoms. The van der Waals surface area contributed by atoms with Gasteiger partial charge in [0.05, 0.1) is 14.2 Å². The maximum Gasteiger partial charge on any atom is 0.123 e. The first-order valence-electron chi connectivity index (χ1n) is 7.89. The van der Waals surface area contributed by atoms with Gasteiger partial charge >= 0.3 is 0 Å². The molecule has 2 fully saturated rings. The largest absolute Gasteiger partial charge is 0.497 e. The van der Waals surface area contributed by atoms with Crippen molar-refractivity contribution in [3.8, 4) is 11.5 Å². The number of nitrogens with zero attached hydrogens (tertiary/aromatic N) is 1. The van der Waals surface area contributed by atoms with E-state index in [1.165, 1.54) is 18.4 Å². The molecule has 116 valence electrons. The van der Waals surface area contributed by atoms with Crippen molar-refractivity contribution in [1.29, 1.82) is 0 Å². The second-order valence-corrected chi connectivity index (χ2v) is 6.35. The molecule has 2 aliphatic heterocycles. The van der Waals surface area contributed by atoms with E-state index >= 15 is 0 Å². The third-order valence-electron chi connectivity index (χ3n) is 5.16. The Bertz CT molecular complexity index is 492. The number of hydrogen-bond donors (Lipinski definition) is 1. The lowest BCUT2D eigenvalue weighted by Gasteiger charge is -2.42. The first-order valence-corrected chi connectivity index (χ1v) is 7.89. The number of ether oxygens (including phenoxy) is 2. The monoisotopic (exact) mass is 290 g/mol. The molecule has 0 spiro atoms. The number of methoxy groups -OCH3 is 2. The minimum Gasteiger partial charge on any atom is -0.497 e. The maximum atomic E-state index is 6.19. The molecule has 3 rings (SSSR count). The number of benzene rings is 1. The Morgan fingerprint density at radius 3 is 2.38 bits per heavy atom. The zero-order valence-corrected chi connectivity index (χ0v) is 13.2. The molecular formula is C17H26N2O2. The standard InChI is InChI=1S/C17H26N2O2/c1-11(16-10-15(20-2)6-7-17(16)21-3)19-13-4-5-14(19)9-12(18)8-13/h6-7,10-14H,4-5,8-9,18H2,1-3H3. The van der Waals surface area contributed by atoms with Gasteiger partial charge in [-0.2, -0.15) is 0 Å². The molecule has 3 atom stereocenters. The van der Waals surface area contributed by atoms with Crippen LogP contribution in [0.2, 0.25) is 0 Å². The Labute approximate surface area is 127 Å². The van der Waals surface area contributed by atoms with E-state index in [1.807, 2.05) is 12.1 Å². The molecule has 2 aliphatic rings. The summed E-state index contributed by atoms with van der Waals surface area (Å²) in [7, 11) is 3.44. The predicted molar refractivity (Wildman–Crippen MR) is 83.8 cm³/mol. The van der Waals surface area contributed by atoms with Crippen molar-refractivity contribution in [2.24, 2.45) is 5.73 Å². The summed E-state index contributed by atoms with van der Waals surface area (Å²) in [5, 5.41) is 0. The van der Waals surface area contributed by atoms with Gasteiger partial charge < -0.3 is 15.2 Å². The smallest absolute Gasteiger partial charge is 0.123 e. The van der Waals surface area contributed by atoms with Gasteiger partial charge in [-0.05, 0) is 50.8 Å². The van der Waals surface area contributed by atoms with Crippen molar-refractivity contribution in [2.75, 3.05) is 14.2 Å². The summed E-state index contributed by atoms with van der Waals surface area (Å²) in [4.78, 5) is 2.65. The van der Waals surface area contributed by atoms with Crippen LogP contribution in [0.15, 0.2) is 18.2 Å². The van der Waals surface area contributed by atoms with Crippen molar-refractivity contribution in [3.63, 3.8) is 0 Å². The van der Waals surface area contributed by atoms with E-state index in [0.29, 0.717) is 24.2 Å². The normalized spacial score (nSPS) is 30.2. The van der Waals surface area contributed by atoms with E-state index in [1.54, 1.807) is 14.2 Å². The zero-order valence-electron chi connectivity index (χ0n) is 13.2. The molecule has 0 aromatic heterocycles. The van der Waals surface area contributed by atoms with Gasteiger partial charge in [0.25, 0.3) is 0 Å². The van der Waals surface area contributed by atoms with Gasteiger partial charge in [0.2, 0.25) is 0 Å². The number of hydrogen-bond acceptors (Lipinski definition) is 4. The SMILES string of the molecule is COc1ccc(OC)c(C(C)N2C3CCC2CC(N)C3)c1. The molecule has 0 amide bonds. The lowest BCUT2D eigenvalue weighted by molar-refractivity contribution is 0.0840. The fourth-order valence-electron chi connectivity index (χ4n) is 4.21. The predicted octanol–water partition coefficient (Wildman–Crippen LogP) is 2.72. The van der Waals surface area contributed by atoms with E-state index < -0.39 is 0 Å². The molecule has 0 saturated carbocycles. The van der Waals surface area contributed by atoms with Crippen LogP contribution < -0.4 is 15.2 Å². The topological polar surface area (TPSA) is 47.7 Å². The summed E-state index contributed by atoms with van der Waals surface area (Å²) < 4.78 is 10.9. The summed E-state index contributed by atoms with van der Waals surface area (Å²) >= 11 is 0. The van der Waals surface area contributed by atoms with Crippen molar-refractivity contribution in [1.82, 2.24) is 4.90 Å². The molecule has 0 radical (unpaired) electrons. The van der Waals surface area contributed by atoms with Crippen molar-refractivity contribution in [2.45, 2.75) is 56.8 Å². The van der Waals surface area contributed by atoms with Crippen LogP contribution in [-0.4, -0.2) is 37.2 Å². The minimum atomic E-state index is 0.333. The van der Waals surface area contributed by atoms with Gasteiger partial charge in [-0.1, -0.05) is 0 Å². The summed E-state index contributed by atoms with van der Waals surface area (Å²) in [6.07, 6.45) is 4.78. The second kappa shape index (κ2) is 5.85. The van der Waals surface area contributed by atoms with Gasteiger partial charge in [-0.25, -0.2) is 0 Å². The Morgan fingerprint density at radius 1 is 1.14 bits per heavy atom. The molecular weight excluding hydrogens is 264 g/mol. The molecule has 21 heavy (non-hydrogen) atoms. The fraction of sp³-hybridized carbons (Fsp3) is 0.647. The first kappa shape index (κ1) is 14.7. The summed E-state index contributed by atoms with van der Waals surface area (Å²) in [6, 6.07) is 8.00. The Balaban J connectivity index is 1.90. The number of fused-ring (bicyclic) bond motifs is 2. The van der Waals surface area contributed by atoms with Crippen LogP contribution >= 0.6 is 0 Å². The third-order valence-corrected chi connectivity index (χ3v) is 5.16. The summed E-state index contributed by atoms with van der Waals surface area (Å²) in [5.74, 6) is 1.83. The van der Waals surface area contributed by atoms with Crippen LogP contribution in [-0.2, 0) is 0 Å². The van der Waals surface area contributed by atoms with Gasteiger partial charge in [-0.15, -0.1) is 0 Å². The van der Waals surface area contributed by atoms with Gasteiger partial charge in [-0.3, -0.25) is 4.90 Å². The number of rotatable bonds is 4. The lowest BCUT2D eigenvalue weighted by Crippen LogP contribution is -2.48. The highest BCUT2D eigenvalue weighted by molar-refractivity contribution is 5.42. The fourth-order valence-corrected chi connectivity index (χ4v) is 4.21. The van der Waals surface area contributed by atoms with Gasteiger partial charge in [0.15, 0.2) is 0 Å². The van der Waals surface area contributed by atoms with Crippen molar-refractivity contribution < 1.29 is 9.47 Å². The second-order valence-electron chi connectivity index (χ2n) is 6.35. The molecule has 2 saturated heterocycles. The van der Waals surface area contributed by atoms with E-state index in [-0.39, 0.29) is 0 Å². The zero-order chi connectivity index (χ0) is 15.0. The molecule has 4 nitrogen and oxygen atoms in total. The molecule has 2 N–H and O–H groups in total. The third kappa shape index (κ3) is 2.62. The first-order chi connectivity index (χ1) is 10.1. The van der Waals surface area contributed by atoms with Crippen LogP contribution in [0.4, 0.5) is 0 Å². The Morgan fingerprint density at radius 2 is 1.81 bits per heavy atom. The highest BCUT2D eigenvalue weighted by Crippen LogP contribution is 2.43. The molecule has 1 aromatic carbocycles. The van der Waals surface area contributed by atoms with Crippen molar-refractivity contribution in [3.05, 3.63) is 23.8 Å². The quantitative estimate of drug-likeness (QED) is 0.926. The lowest BCUT2D eigenvalue weighted by atomic mass is 9.94. The van der Waals surface area contributed by atoms with Crippen LogP contribution in [0.1, 0.15) is 44.2 Å². The molecule has 3 unspecified atom stereocenters. The van der Waals surface area contributed by atoms with Crippen LogP contribution in [0.5, 0.6) is 11.5 Å². The van der Waals surface area contributed by atoms with Crippen molar-refractivity contribution >= 4 is 0 Å². The minimum absolute atomic E-state index is 0.333. The molecule has 4 heteroatoms. The highest BCUT2D eigenvalue weighted by atomic mass is 16.5. The van der Waals surface area contributed by atoms with E-state index in [4.69, 9.17) is 15.2 Å². The average Bonchev–Trinajstić information content (AvgIpc) is 2.77. The van der Waals surface area contributed by atoms with Crippen LogP contribution in [0.3, 0.4) is 0 Å². The molecule has 1 aromatic rings. The Kier molecular flexibility index (Phi) is 4.09. The number of piperidine rings is 1. The van der Waals surface area contributed by atoms with E-state index in [2.05, 4.69) is 17.9 Å². The van der Waals surface area contributed by atoms with Gasteiger partial charge in [0.1, 0.15) is 11.5 Å². The number of nitrogens with two attached hydrogens (primary N) is 1. The maximum absolute atomic E-state index is 6.19.